The number of nitrogens with one attached hydrogen (secondary N) is 1. The van der Waals surface area contributed by atoms with E-state index in [0.29, 0.717) is 17.5 Å². The van der Waals surface area contributed by atoms with Gasteiger partial charge in [-0.1, -0.05) is 31.2 Å². The molecule has 1 saturated heterocycles. The predicted octanol–water partition coefficient (Wildman–Crippen LogP) is 5.79. The van der Waals surface area contributed by atoms with E-state index in [1.165, 1.54) is 16.7 Å². The lowest BCUT2D eigenvalue weighted by atomic mass is 9.94. The van der Waals surface area contributed by atoms with Crippen LogP contribution < -0.4 is 10.2 Å². The first-order chi connectivity index (χ1) is 17.0. The van der Waals surface area contributed by atoms with Crippen LogP contribution in [0.4, 0.5) is 5.69 Å². The van der Waals surface area contributed by atoms with Gasteiger partial charge in [0.2, 0.25) is 0 Å². The molecule has 3 heterocycles. The molecule has 2 aromatic heterocycles. The minimum atomic E-state index is 0.395. The molecule has 0 amide bonds. The Hall–Kier alpha value is -3.75. The normalized spacial score (nSPS) is 17.9. The van der Waals surface area contributed by atoms with E-state index in [-0.39, 0.29) is 0 Å². The van der Waals surface area contributed by atoms with Crippen molar-refractivity contribution in [3.05, 3.63) is 89.4 Å². The molecule has 35 heavy (non-hydrogen) atoms. The molecule has 176 valence electrons. The predicted molar refractivity (Wildman–Crippen MR) is 142 cm³/mol. The van der Waals surface area contributed by atoms with E-state index in [4.69, 9.17) is 0 Å². The summed E-state index contributed by atoms with van der Waals surface area (Å²) >= 11 is 0. The number of nitrogens with zero attached hydrogens (tertiary/aromatic N) is 4. The number of anilines is 1. The summed E-state index contributed by atoms with van der Waals surface area (Å²) in [6.45, 7) is 9.19. The molecule has 5 nitrogen and oxygen atoms in total. The fourth-order valence-corrected chi connectivity index (χ4v) is 5.30. The van der Waals surface area contributed by atoms with Crippen molar-refractivity contribution in [2.75, 3.05) is 18.0 Å². The van der Waals surface area contributed by atoms with Gasteiger partial charge in [0, 0.05) is 54.3 Å². The van der Waals surface area contributed by atoms with E-state index in [1.807, 2.05) is 26.0 Å². The van der Waals surface area contributed by atoms with E-state index < -0.39 is 0 Å². The van der Waals surface area contributed by atoms with Crippen molar-refractivity contribution in [1.29, 1.82) is 5.26 Å². The molecule has 2 atom stereocenters. The van der Waals surface area contributed by atoms with Gasteiger partial charge in [-0.2, -0.15) is 5.26 Å². The van der Waals surface area contributed by atoms with Crippen LogP contribution in [0.1, 0.15) is 35.9 Å². The molecule has 1 aliphatic rings. The first-order valence-corrected chi connectivity index (χ1v) is 12.3. The molecular weight excluding hydrogens is 430 g/mol. The van der Waals surface area contributed by atoms with E-state index in [2.05, 4.69) is 81.7 Å². The van der Waals surface area contributed by atoms with E-state index in [1.54, 1.807) is 6.20 Å². The monoisotopic (exact) mass is 461 g/mol. The number of aryl methyl sites for hydroxylation is 2. The lowest BCUT2D eigenvalue weighted by Gasteiger charge is -2.39. The Bertz CT molecular complexity index is 1370. The Balaban J connectivity index is 1.29. The van der Waals surface area contributed by atoms with Crippen LogP contribution in [0.5, 0.6) is 0 Å². The first kappa shape index (κ1) is 23.0. The summed E-state index contributed by atoms with van der Waals surface area (Å²) in [5.74, 6) is 0.573. The van der Waals surface area contributed by atoms with Gasteiger partial charge in [0.15, 0.2) is 0 Å². The number of nitriles is 1. The molecule has 2 aromatic carbocycles. The summed E-state index contributed by atoms with van der Waals surface area (Å²) in [6, 6.07) is 23.8. The first-order valence-electron chi connectivity index (χ1n) is 12.3. The average molecular weight is 462 g/mol. The van der Waals surface area contributed by atoms with Crippen LogP contribution >= 0.6 is 0 Å². The largest absolute Gasteiger partial charge is 0.369 e. The lowest BCUT2D eigenvalue weighted by molar-refractivity contribution is 0.350. The molecule has 1 fully saturated rings. The zero-order chi connectivity index (χ0) is 24.4. The van der Waals surface area contributed by atoms with Gasteiger partial charge in [-0.3, -0.25) is 9.97 Å². The molecule has 1 aliphatic heterocycles. The summed E-state index contributed by atoms with van der Waals surface area (Å²) in [5.41, 5.74) is 8.41. The number of fused-ring (bicyclic) bond motifs is 1. The van der Waals surface area contributed by atoms with Crippen LogP contribution in [0.2, 0.25) is 0 Å². The van der Waals surface area contributed by atoms with Crippen molar-refractivity contribution >= 4 is 16.6 Å². The zero-order valence-electron chi connectivity index (χ0n) is 20.6. The molecule has 0 saturated carbocycles. The van der Waals surface area contributed by atoms with Crippen molar-refractivity contribution in [2.45, 2.75) is 39.8 Å². The molecule has 5 rings (SSSR count). The minimum Gasteiger partial charge on any atom is -0.369 e. The summed E-state index contributed by atoms with van der Waals surface area (Å²) in [6.07, 6.45) is 2.91. The summed E-state index contributed by atoms with van der Waals surface area (Å²) < 4.78 is 0. The third-order valence-electron chi connectivity index (χ3n) is 6.83. The molecule has 0 aliphatic carbocycles. The van der Waals surface area contributed by atoms with Crippen LogP contribution in [0, 0.1) is 31.1 Å². The Labute approximate surface area is 207 Å². The van der Waals surface area contributed by atoms with E-state index >= 15 is 0 Å². The zero-order valence-corrected chi connectivity index (χ0v) is 20.6. The third kappa shape index (κ3) is 5.03. The third-order valence-corrected chi connectivity index (χ3v) is 6.83. The van der Waals surface area contributed by atoms with Crippen LogP contribution in [0.25, 0.3) is 22.0 Å². The maximum Gasteiger partial charge on any atom is 0.101 e. The van der Waals surface area contributed by atoms with Crippen LogP contribution in [0.3, 0.4) is 0 Å². The second kappa shape index (κ2) is 9.85. The summed E-state index contributed by atoms with van der Waals surface area (Å²) in [4.78, 5) is 11.4. The molecule has 0 spiro atoms. The second-order valence-electron chi connectivity index (χ2n) is 9.80. The van der Waals surface area contributed by atoms with Crippen molar-refractivity contribution in [1.82, 2.24) is 15.3 Å². The van der Waals surface area contributed by atoms with E-state index in [0.717, 1.165) is 54.0 Å². The fourth-order valence-electron chi connectivity index (χ4n) is 5.30. The van der Waals surface area contributed by atoms with Crippen LogP contribution in [0.15, 0.2) is 66.9 Å². The highest BCUT2D eigenvalue weighted by molar-refractivity contribution is 5.95. The van der Waals surface area contributed by atoms with E-state index in [9.17, 15) is 5.26 Å². The number of hydrogen-bond donors (Lipinski definition) is 1. The summed E-state index contributed by atoms with van der Waals surface area (Å²) in [5, 5.41) is 14.3. The fraction of sp³-hybridized carbons (Fsp3) is 0.300. The van der Waals surface area contributed by atoms with Gasteiger partial charge < -0.3 is 10.2 Å². The highest BCUT2D eigenvalue weighted by Crippen LogP contribution is 2.31. The van der Waals surface area contributed by atoms with Crippen molar-refractivity contribution in [3.8, 4) is 17.2 Å². The Morgan fingerprint density at radius 2 is 1.77 bits per heavy atom. The molecular formula is C30H31N5. The van der Waals surface area contributed by atoms with Gasteiger partial charge in [-0.15, -0.1) is 0 Å². The number of hydrogen-bond acceptors (Lipinski definition) is 5. The highest BCUT2D eigenvalue weighted by Gasteiger charge is 2.26. The number of rotatable bonds is 5. The van der Waals surface area contributed by atoms with Crippen LogP contribution in [-0.2, 0) is 6.54 Å². The molecule has 1 N–H and O–H groups in total. The lowest BCUT2D eigenvalue weighted by Crippen LogP contribution is -2.48. The maximum atomic E-state index is 9.49. The van der Waals surface area contributed by atoms with Gasteiger partial charge >= 0.3 is 0 Å². The molecule has 4 aromatic rings. The SMILES string of the molecule is Cc1cc(-c2ccc(CN[C@@H]3CC(C)CN(c4ccc(C#N)c5ncccc45)C3)cc2)cc(C)n1. The summed E-state index contributed by atoms with van der Waals surface area (Å²) in [7, 11) is 0. The quantitative estimate of drug-likeness (QED) is 0.407. The van der Waals surface area contributed by atoms with Gasteiger partial charge in [-0.25, -0.2) is 0 Å². The molecule has 0 radical (unpaired) electrons. The standard InChI is InChI=1S/C30H31N5/c1-20-13-27(19-35(18-20)29-11-10-25(16-31)30-28(29)5-4-12-32-30)33-17-23-6-8-24(9-7-23)26-14-21(2)34-22(3)15-26/h4-12,14-15,20,27,33H,13,17-19H2,1-3H3/t20?,27-/m1/s1. The highest BCUT2D eigenvalue weighted by atomic mass is 15.2. The van der Waals surface area contributed by atoms with Crippen molar-refractivity contribution in [2.24, 2.45) is 5.92 Å². The maximum absolute atomic E-state index is 9.49. The number of piperidine rings is 1. The second-order valence-corrected chi connectivity index (χ2v) is 9.80. The van der Waals surface area contributed by atoms with Crippen molar-refractivity contribution < 1.29 is 0 Å². The minimum absolute atomic E-state index is 0.395. The van der Waals surface area contributed by atoms with Gasteiger partial charge in [0.1, 0.15) is 6.07 Å². The molecule has 1 unspecified atom stereocenters. The Kier molecular flexibility index (Phi) is 6.48. The molecule has 0 bridgehead atoms. The topological polar surface area (TPSA) is 64.8 Å². The van der Waals surface area contributed by atoms with Crippen LogP contribution in [-0.4, -0.2) is 29.1 Å². The molecule has 5 heteroatoms. The van der Waals surface area contributed by atoms with Gasteiger partial charge in [-0.05, 0) is 79.3 Å². The number of aromatic nitrogens is 2. The van der Waals surface area contributed by atoms with Gasteiger partial charge in [0.05, 0.1) is 11.1 Å². The number of pyridine rings is 2. The van der Waals surface area contributed by atoms with Crippen molar-refractivity contribution in [3.63, 3.8) is 0 Å². The van der Waals surface area contributed by atoms with Gasteiger partial charge in [0.25, 0.3) is 0 Å². The Morgan fingerprint density at radius 1 is 1.00 bits per heavy atom. The number of benzene rings is 2. The average Bonchev–Trinajstić information content (AvgIpc) is 2.86. The Morgan fingerprint density at radius 3 is 2.51 bits per heavy atom. The smallest absolute Gasteiger partial charge is 0.101 e.